The number of ether oxygens (including phenoxy) is 2. The van der Waals surface area contributed by atoms with E-state index in [2.05, 4.69) is 74.6 Å². The Kier molecular flexibility index (Phi) is 36.6. The maximum Gasteiger partial charge on any atom is 0.472 e. The van der Waals surface area contributed by atoms with Gasteiger partial charge in [0, 0.05) is 12.8 Å². The van der Waals surface area contributed by atoms with Crippen LogP contribution in [0.25, 0.3) is 0 Å². The quantitative estimate of drug-likeness (QED) is 0.0157. The van der Waals surface area contributed by atoms with Gasteiger partial charge in [-0.2, -0.15) is 0 Å². The van der Waals surface area contributed by atoms with Crippen LogP contribution >= 0.6 is 7.82 Å². The lowest BCUT2D eigenvalue weighted by Gasteiger charge is -2.24. The van der Waals surface area contributed by atoms with Crippen molar-refractivity contribution in [2.45, 2.75) is 135 Å². The van der Waals surface area contributed by atoms with E-state index in [1.165, 1.54) is 19.3 Å². The fourth-order valence-corrected chi connectivity index (χ4v) is 5.68. The number of allylic oxidation sites excluding steroid dienone is 16. The number of quaternary nitrogens is 1. The summed E-state index contributed by atoms with van der Waals surface area (Å²) in [4.78, 5) is 35.3. The lowest BCUT2D eigenvalue weighted by atomic mass is 10.2. The molecule has 0 radical (unpaired) electrons. The molecule has 0 aromatic heterocycles. The number of carbonyl (C=O) groups is 2. The maximum atomic E-state index is 12.7. The van der Waals surface area contributed by atoms with Gasteiger partial charge in [-0.25, -0.2) is 4.57 Å². The molecular formula is C48H79NO9P+. The molecule has 0 aliphatic rings. The molecule has 334 valence electrons. The largest absolute Gasteiger partial charge is 0.472 e. The minimum absolute atomic E-state index is 0.00463. The fourth-order valence-electron chi connectivity index (χ4n) is 4.94. The molecule has 0 aliphatic heterocycles. The van der Waals surface area contributed by atoms with Crippen LogP contribution in [0.3, 0.4) is 0 Å². The van der Waals surface area contributed by atoms with E-state index in [1.54, 1.807) is 6.08 Å². The topological polar surface area (TPSA) is 129 Å². The average molecular weight is 845 g/mol. The van der Waals surface area contributed by atoms with E-state index in [0.717, 1.165) is 44.9 Å². The number of nitrogens with zero attached hydrogens (tertiary/aromatic N) is 1. The van der Waals surface area contributed by atoms with Gasteiger partial charge in [-0.05, 0) is 83.5 Å². The van der Waals surface area contributed by atoms with Crippen LogP contribution < -0.4 is 0 Å². The van der Waals surface area contributed by atoms with Crippen molar-refractivity contribution in [3.63, 3.8) is 0 Å². The first kappa shape index (κ1) is 55.6. The summed E-state index contributed by atoms with van der Waals surface area (Å²) in [7, 11) is 1.35. The number of likely N-dealkylation sites (N-methyl/N-ethyl adjacent to an activating group) is 1. The van der Waals surface area contributed by atoms with Crippen LogP contribution in [0.2, 0.25) is 0 Å². The van der Waals surface area contributed by atoms with Gasteiger partial charge < -0.3 is 24.0 Å². The van der Waals surface area contributed by atoms with E-state index >= 15 is 0 Å². The third-order valence-corrected chi connectivity index (χ3v) is 9.35. The lowest BCUT2D eigenvalue weighted by molar-refractivity contribution is -0.870. The predicted molar refractivity (Wildman–Crippen MR) is 244 cm³/mol. The number of phosphoric acid groups is 1. The first-order valence-corrected chi connectivity index (χ1v) is 23.2. The van der Waals surface area contributed by atoms with Gasteiger partial charge in [0.2, 0.25) is 0 Å². The van der Waals surface area contributed by atoms with Crippen molar-refractivity contribution in [2.75, 3.05) is 47.5 Å². The minimum Gasteiger partial charge on any atom is -0.462 e. The highest BCUT2D eigenvalue weighted by molar-refractivity contribution is 7.47. The number of aliphatic hydroxyl groups is 1. The number of phosphoric ester groups is 1. The summed E-state index contributed by atoms with van der Waals surface area (Å²) >= 11 is 0. The predicted octanol–water partition coefficient (Wildman–Crippen LogP) is 11.3. The van der Waals surface area contributed by atoms with Crippen LogP contribution in [-0.2, 0) is 32.7 Å². The van der Waals surface area contributed by atoms with Crippen molar-refractivity contribution in [1.82, 2.24) is 0 Å². The molecule has 10 nitrogen and oxygen atoms in total. The number of carbonyl (C=O) groups excluding carboxylic acids is 2. The zero-order valence-corrected chi connectivity index (χ0v) is 37.9. The third-order valence-electron chi connectivity index (χ3n) is 8.37. The Morgan fingerprint density at radius 1 is 0.627 bits per heavy atom. The normalized spacial score (nSPS) is 15.2. The minimum atomic E-state index is -4.43. The van der Waals surface area contributed by atoms with Crippen molar-refractivity contribution in [1.29, 1.82) is 0 Å². The van der Waals surface area contributed by atoms with Gasteiger partial charge in [0.15, 0.2) is 6.10 Å². The monoisotopic (exact) mass is 845 g/mol. The lowest BCUT2D eigenvalue weighted by Crippen LogP contribution is -2.37. The molecule has 0 aromatic rings. The van der Waals surface area contributed by atoms with Gasteiger partial charge in [-0.3, -0.25) is 18.6 Å². The van der Waals surface area contributed by atoms with Crippen LogP contribution in [0.4, 0.5) is 0 Å². The summed E-state index contributed by atoms with van der Waals surface area (Å²) in [5, 5.41) is 10.1. The molecule has 0 saturated carbocycles. The third kappa shape index (κ3) is 42.6. The van der Waals surface area contributed by atoms with E-state index < -0.39 is 38.6 Å². The number of hydrogen-bond acceptors (Lipinski definition) is 8. The molecule has 0 rings (SSSR count). The maximum absolute atomic E-state index is 12.7. The zero-order valence-electron chi connectivity index (χ0n) is 37.0. The molecular weight excluding hydrogens is 766 g/mol. The van der Waals surface area contributed by atoms with Crippen molar-refractivity contribution in [2.24, 2.45) is 0 Å². The molecule has 0 bridgehead atoms. The van der Waals surface area contributed by atoms with Gasteiger partial charge in [0.1, 0.15) is 19.8 Å². The average Bonchev–Trinajstić information content (AvgIpc) is 3.18. The highest BCUT2D eigenvalue weighted by atomic mass is 31.2. The number of unbranched alkanes of at least 4 members (excludes halogenated alkanes) is 5. The van der Waals surface area contributed by atoms with Crippen LogP contribution in [0.1, 0.15) is 123 Å². The Hall–Kier alpha value is -3.37. The Bertz CT molecular complexity index is 1380. The Morgan fingerprint density at radius 3 is 1.71 bits per heavy atom. The smallest absolute Gasteiger partial charge is 0.462 e. The first-order chi connectivity index (χ1) is 28.4. The molecule has 0 aromatic carbocycles. The molecule has 1 unspecified atom stereocenters. The van der Waals surface area contributed by atoms with Gasteiger partial charge in [-0.15, -0.1) is 0 Å². The van der Waals surface area contributed by atoms with Crippen molar-refractivity contribution in [3.8, 4) is 0 Å². The molecule has 11 heteroatoms. The van der Waals surface area contributed by atoms with E-state index in [4.69, 9.17) is 18.5 Å². The highest BCUT2D eigenvalue weighted by Crippen LogP contribution is 2.43. The standard InChI is InChI=1S/C48H78NO9P/c1-6-8-10-12-14-15-16-17-18-19-20-21-22-23-27-32-36-40-48(52)58-46(44-57-59(53,54)56-42-41-49(3,4)5)43-55-47(51)39-35-31-28-24-26-30-34-38-45(50)37-33-29-25-13-11-9-7-2/h8,10,14-15,17-18,20-21,23-25,27-30,33-34,37,45-46,50H,6-7,9,11-13,16,19,22,26,31-32,35-36,38-44H2,1-5H3/p+1/b10-8-,15-14-,18-17-,21-20-,27-23-,28-24+,29-25-,34-30-,37-33-/t45-,46-/m1/s1. The second kappa shape index (κ2) is 38.8. The molecule has 0 saturated heterocycles. The van der Waals surface area contributed by atoms with Crippen LogP contribution in [0.5, 0.6) is 0 Å². The molecule has 59 heavy (non-hydrogen) atoms. The summed E-state index contributed by atoms with van der Waals surface area (Å²) in [5.41, 5.74) is 0. The molecule has 0 amide bonds. The summed E-state index contributed by atoms with van der Waals surface area (Å²) < 4.78 is 34.1. The SMILES string of the molecule is CC/C=C\C/C=C\C/C=C\C/C=C\C/C=C\CCCC(=O)O[C@H](COC(=O)CCC/C=C/C/C=C\C[C@H](O)/C=C\C=C/CCCCC)COP(=O)(O)OCC[N+](C)(C)C. The summed E-state index contributed by atoms with van der Waals surface area (Å²) in [5.74, 6) is -0.988. The first-order valence-electron chi connectivity index (χ1n) is 21.7. The fraction of sp³-hybridized carbons (Fsp3) is 0.583. The van der Waals surface area contributed by atoms with Gasteiger partial charge >= 0.3 is 19.8 Å². The highest BCUT2D eigenvalue weighted by Gasteiger charge is 2.27. The van der Waals surface area contributed by atoms with Crippen LogP contribution in [0, 0.1) is 0 Å². The second-order valence-corrected chi connectivity index (χ2v) is 16.6. The molecule has 0 aliphatic carbocycles. The van der Waals surface area contributed by atoms with Crippen molar-refractivity contribution in [3.05, 3.63) is 109 Å². The van der Waals surface area contributed by atoms with Crippen molar-refractivity contribution < 1.29 is 47.2 Å². The zero-order chi connectivity index (χ0) is 43.7. The molecule has 0 heterocycles. The summed E-state index contributed by atoms with van der Waals surface area (Å²) in [6, 6.07) is 0. The van der Waals surface area contributed by atoms with Gasteiger partial charge in [0.25, 0.3) is 0 Å². The molecule has 2 N–H and O–H groups in total. The van der Waals surface area contributed by atoms with Crippen LogP contribution in [0.15, 0.2) is 109 Å². The van der Waals surface area contributed by atoms with Crippen molar-refractivity contribution >= 4 is 19.8 Å². The van der Waals surface area contributed by atoms with E-state index in [0.29, 0.717) is 43.1 Å². The number of hydrogen-bond donors (Lipinski definition) is 2. The number of aliphatic hydroxyl groups excluding tert-OH is 1. The van der Waals surface area contributed by atoms with Gasteiger partial charge in [0.05, 0.1) is 33.9 Å². The van der Waals surface area contributed by atoms with E-state index in [1.807, 2.05) is 63.7 Å². The van der Waals surface area contributed by atoms with E-state index in [9.17, 15) is 24.2 Å². The summed E-state index contributed by atoms with van der Waals surface area (Å²) in [6.45, 7) is 4.02. The summed E-state index contributed by atoms with van der Waals surface area (Å²) in [6.07, 6.45) is 48.9. The number of rotatable bonds is 37. The molecule has 0 fully saturated rings. The Balaban J connectivity index is 4.64. The molecule has 0 spiro atoms. The van der Waals surface area contributed by atoms with Crippen LogP contribution in [-0.4, -0.2) is 86.1 Å². The Morgan fingerprint density at radius 2 is 1.15 bits per heavy atom. The van der Waals surface area contributed by atoms with Gasteiger partial charge in [-0.1, -0.05) is 136 Å². The number of esters is 2. The molecule has 3 atom stereocenters. The van der Waals surface area contributed by atoms with E-state index in [-0.39, 0.29) is 26.1 Å². The second-order valence-electron chi connectivity index (χ2n) is 15.2. The Labute approximate surface area is 358 Å².